The van der Waals surface area contributed by atoms with Gasteiger partial charge in [-0.15, -0.1) is 0 Å². The van der Waals surface area contributed by atoms with Gasteiger partial charge in [-0.05, 0) is 30.6 Å². The van der Waals surface area contributed by atoms with E-state index in [4.69, 9.17) is 5.11 Å². The number of aliphatic hydroxyl groups excluding tert-OH is 1. The van der Waals surface area contributed by atoms with Crippen molar-refractivity contribution >= 4 is 11.7 Å². The molecule has 1 saturated heterocycles. The van der Waals surface area contributed by atoms with Crippen LogP contribution in [0.3, 0.4) is 0 Å². The predicted octanol–water partition coefficient (Wildman–Crippen LogP) is 0.555. The summed E-state index contributed by atoms with van der Waals surface area (Å²) in [6, 6.07) is 1.45. The number of likely N-dealkylation sites (tertiary alicyclic amines) is 1. The van der Waals surface area contributed by atoms with E-state index in [1.54, 1.807) is 4.90 Å². The molecule has 8 heteroatoms. The van der Waals surface area contributed by atoms with Crippen LogP contribution in [-0.2, 0) is 11.3 Å². The Balaban J connectivity index is 1.94. The average Bonchev–Trinajstić information content (AvgIpc) is 3.04. The van der Waals surface area contributed by atoms with Gasteiger partial charge in [-0.1, -0.05) is 0 Å². The molecule has 1 aliphatic heterocycles. The van der Waals surface area contributed by atoms with Crippen LogP contribution in [-0.4, -0.2) is 49.8 Å². The summed E-state index contributed by atoms with van der Waals surface area (Å²) in [4.78, 5) is 23.9. The Bertz CT molecular complexity index is 488. The summed E-state index contributed by atoms with van der Waals surface area (Å²) < 4.78 is 1.29. The second kappa shape index (κ2) is 6.47. The van der Waals surface area contributed by atoms with Crippen molar-refractivity contribution in [1.82, 2.24) is 14.7 Å². The molecular formula is C12H18N4O4. The molecule has 8 nitrogen and oxygen atoms in total. The van der Waals surface area contributed by atoms with Gasteiger partial charge < -0.3 is 20.1 Å². The lowest BCUT2D eigenvalue weighted by Crippen LogP contribution is -2.38. The first-order valence-electron chi connectivity index (χ1n) is 6.70. The van der Waals surface area contributed by atoms with Gasteiger partial charge in [-0.3, -0.25) is 4.79 Å². The van der Waals surface area contributed by atoms with Crippen LogP contribution in [0.5, 0.6) is 0 Å². The average molecular weight is 282 g/mol. The van der Waals surface area contributed by atoms with Crippen molar-refractivity contribution in [2.75, 3.05) is 13.2 Å². The Hall–Kier alpha value is -1.96. The summed E-state index contributed by atoms with van der Waals surface area (Å²) in [6.45, 7) is 0.853. The molecule has 1 aromatic rings. The maximum Gasteiger partial charge on any atom is 0.389 e. The number of hydrogen-bond acceptors (Lipinski definition) is 5. The Morgan fingerprint density at radius 1 is 1.60 bits per heavy atom. The van der Waals surface area contributed by atoms with Gasteiger partial charge in [-0.2, -0.15) is 4.68 Å². The quantitative estimate of drug-likeness (QED) is 0.606. The fraction of sp³-hybridized carbons (Fsp3) is 0.667. The fourth-order valence-corrected chi connectivity index (χ4v) is 2.56. The molecule has 1 N–H and O–H groups in total. The van der Waals surface area contributed by atoms with Crippen LogP contribution in [0.4, 0.5) is 5.82 Å². The molecule has 1 unspecified atom stereocenters. The standard InChI is InChI=1S/C12H18N4O4/c17-8-2-4-10-3-1-6-15(10)12(18)9-14-7-5-11(13-14)16(19)20/h5,7,10,17H,1-4,6,8-9H2. The highest BCUT2D eigenvalue weighted by atomic mass is 16.6. The molecular weight excluding hydrogens is 264 g/mol. The molecule has 1 amide bonds. The molecule has 0 aliphatic carbocycles. The SMILES string of the molecule is O=C(Cn1ccc([N+](=O)[O-])n1)N1CCCC1CCCO. The van der Waals surface area contributed by atoms with Crippen molar-refractivity contribution < 1.29 is 14.8 Å². The molecule has 0 aromatic carbocycles. The monoisotopic (exact) mass is 282 g/mol. The zero-order valence-electron chi connectivity index (χ0n) is 11.1. The molecule has 0 bridgehead atoms. The number of hydrogen-bond donors (Lipinski definition) is 1. The van der Waals surface area contributed by atoms with Crippen LogP contribution in [0.15, 0.2) is 12.3 Å². The van der Waals surface area contributed by atoms with Crippen LogP contribution >= 0.6 is 0 Å². The summed E-state index contributed by atoms with van der Waals surface area (Å²) in [7, 11) is 0. The van der Waals surface area contributed by atoms with E-state index in [0.717, 1.165) is 19.3 Å². The van der Waals surface area contributed by atoms with E-state index >= 15 is 0 Å². The van der Waals surface area contributed by atoms with Gasteiger partial charge in [0.1, 0.15) is 6.54 Å². The molecule has 1 aliphatic rings. The highest BCUT2D eigenvalue weighted by Gasteiger charge is 2.29. The lowest BCUT2D eigenvalue weighted by atomic mass is 10.1. The number of amides is 1. The number of carbonyl (C=O) groups is 1. The topological polar surface area (TPSA) is 102 Å². The van der Waals surface area contributed by atoms with Gasteiger partial charge in [0, 0.05) is 19.2 Å². The van der Waals surface area contributed by atoms with E-state index in [9.17, 15) is 14.9 Å². The zero-order valence-corrected chi connectivity index (χ0v) is 11.1. The number of aliphatic hydroxyl groups is 1. The van der Waals surface area contributed by atoms with Gasteiger partial charge in [0.25, 0.3) is 0 Å². The number of rotatable bonds is 6. The number of nitro groups is 1. The second-order valence-electron chi connectivity index (χ2n) is 4.88. The minimum atomic E-state index is -0.582. The third kappa shape index (κ3) is 3.32. The Labute approximate surface area is 116 Å². The normalized spacial score (nSPS) is 18.4. The number of nitrogens with zero attached hydrogens (tertiary/aromatic N) is 4. The summed E-state index contributed by atoms with van der Waals surface area (Å²) >= 11 is 0. The van der Waals surface area contributed by atoms with Crippen molar-refractivity contribution in [3.8, 4) is 0 Å². The van der Waals surface area contributed by atoms with E-state index in [-0.39, 0.29) is 30.9 Å². The van der Waals surface area contributed by atoms with E-state index in [1.807, 2.05) is 0 Å². The molecule has 1 fully saturated rings. The first kappa shape index (κ1) is 14.4. The first-order valence-corrected chi connectivity index (χ1v) is 6.70. The molecule has 0 spiro atoms. The Kier molecular flexibility index (Phi) is 4.67. The Morgan fingerprint density at radius 2 is 2.40 bits per heavy atom. The maximum absolute atomic E-state index is 12.2. The van der Waals surface area contributed by atoms with Gasteiger partial charge in [0.2, 0.25) is 5.91 Å². The molecule has 2 heterocycles. The zero-order chi connectivity index (χ0) is 14.5. The summed E-state index contributed by atoms with van der Waals surface area (Å²) in [6.07, 6.45) is 4.82. The van der Waals surface area contributed by atoms with Gasteiger partial charge in [-0.25, -0.2) is 0 Å². The van der Waals surface area contributed by atoms with Gasteiger partial charge >= 0.3 is 5.82 Å². The summed E-state index contributed by atoms with van der Waals surface area (Å²) in [5.74, 6) is -0.334. The van der Waals surface area contributed by atoms with Crippen LogP contribution in [0, 0.1) is 10.1 Å². The highest BCUT2D eigenvalue weighted by molar-refractivity contribution is 5.76. The minimum Gasteiger partial charge on any atom is -0.396 e. The van der Waals surface area contributed by atoms with Crippen LogP contribution in [0.2, 0.25) is 0 Å². The summed E-state index contributed by atoms with van der Waals surface area (Å²) in [5.41, 5.74) is 0. The van der Waals surface area contributed by atoms with Gasteiger partial charge in [0.15, 0.2) is 0 Å². The molecule has 1 atom stereocenters. The van der Waals surface area contributed by atoms with E-state index < -0.39 is 4.92 Å². The molecule has 1 aromatic heterocycles. The fourth-order valence-electron chi connectivity index (χ4n) is 2.56. The largest absolute Gasteiger partial charge is 0.396 e. The maximum atomic E-state index is 12.2. The highest BCUT2D eigenvalue weighted by Crippen LogP contribution is 2.21. The van der Waals surface area contributed by atoms with Crippen molar-refractivity contribution in [3.05, 3.63) is 22.4 Å². The molecule has 0 saturated carbocycles. The van der Waals surface area contributed by atoms with Crippen molar-refractivity contribution in [2.24, 2.45) is 0 Å². The number of aromatic nitrogens is 2. The third-order valence-electron chi connectivity index (χ3n) is 3.50. The first-order chi connectivity index (χ1) is 9.61. The van der Waals surface area contributed by atoms with E-state index in [1.165, 1.54) is 16.9 Å². The van der Waals surface area contributed by atoms with Crippen molar-refractivity contribution in [1.29, 1.82) is 0 Å². The predicted molar refractivity (Wildman–Crippen MR) is 69.9 cm³/mol. The van der Waals surface area contributed by atoms with Crippen LogP contribution in [0.1, 0.15) is 25.7 Å². The minimum absolute atomic E-state index is 0.0173. The number of carbonyl (C=O) groups excluding carboxylic acids is 1. The van der Waals surface area contributed by atoms with E-state index in [2.05, 4.69) is 5.10 Å². The smallest absolute Gasteiger partial charge is 0.389 e. The molecule has 110 valence electrons. The Morgan fingerprint density at radius 3 is 3.05 bits per heavy atom. The van der Waals surface area contributed by atoms with E-state index in [0.29, 0.717) is 13.0 Å². The molecule has 20 heavy (non-hydrogen) atoms. The van der Waals surface area contributed by atoms with Gasteiger partial charge in [0.05, 0.1) is 17.4 Å². The lowest BCUT2D eigenvalue weighted by molar-refractivity contribution is -0.389. The lowest BCUT2D eigenvalue weighted by Gasteiger charge is -2.24. The summed E-state index contributed by atoms with van der Waals surface area (Å²) in [5, 5.41) is 23.1. The third-order valence-corrected chi connectivity index (χ3v) is 3.50. The molecule has 2 rings (SSSR count). The molecule has 0 radical (unpaired) electrons. The second-order valence-corrected chi connectivity index (χ2v) is 4.88. The van der Waals surface area contributed by atoms with Crippen LogP contribution in [0.25, 0.3) is 0 Å². The van der Waals surface area contributed by atoms with Crippen molar-refractivity contribution in [3.63, 3.8) is 0 Å². The van der Waals surface area contributed by atoms with Crippen LogP contribution < -0.4 is 0 Å². The van der Waals surface area contributed by atoms with Crippen molar-refractivity contribution in [2.45, 2.75) is 38.3 Å².